The van der Waals surface area contributed by atoms with Crippen molar-refractivity contribution in [2.45, 2.75) is 12.8 Å². The standard InChI is InChI=1S/C22H23ClN4O3S/c1-29-16-4-5-19(30-2)17(11-16)18-13-31-22(25-18)26-21(28)14-7-9-27(10-8-14)20-6-3-15(23)12-24-20/h3-6,11-14H,7-10H2,1-2H3,(H,25,26,28). The van der Waals surface area contributed by atoms with Crippen LogP contribution in [0.2, 0.25) is 5.02 Å². The van der Waals surface area contributed by atoms with Crippen LogP contribution in [0, 0.1) is 5.92 Å². The van der Waals surface area contributed by atoms with Crippen molar-refractivity contribution in [3.63, 3.8) is 0 Å². The molecular formula is C22H23ClN4O3S. The molecule has 1 aliphatic heterocycles. The third kappa shape index (κ3) is 4.91. The maximum atomic E-state index is 12.8. The molecule has 3 aromatic rings. The molecule has 0 bridgehead atoms. The maximum absolute atomic E-state index is 12.8. The van der Waals surface area contributed by atoms with E-state index < -0.39 is 0 Å². The molecule has 7 nitrogen and oxygen atoms in total. The number of thiazole rings is 1. The number of methoxy groups -OCH3 is 2. The molecule has 1 amide bonds. The van der Waals surface area contributed by atoms with Crippen LogP contribution in [0.5, 0.6) is 11.5 Å². The highest BCUT2D eigenvalue weighted by atomic mass is 35.5. The molecule has 0 radical (unpaired) electrons. The molecule has 0 spiro atoms. The first kappa shape index (κ1) is 21.4. The SMILES string of the molecule is COc1ccc(OC)c(-c2csc(NC(=O)C3CCN(c4ccc(Cl)cn4)CC3)n2)c1. The summed E-state index contributed by atoms with van der Waals surface area (Å²) in [6.45, 7) is 1.55. The van der Waals surface area contributed by atoms with E-state index in [0.29, 0.717) is 15.9 Å². The van der Waals surface area contributed by atoms with Gasteiger partial charge in [0.1, 0.15) is 17.3 Å². The van der Waals surface area contributed by atoms with Gasteiger partial charge in [-0.25, -0.2) is 9.97 Å². The van der Waals surface area contributed by atoms with Crippen molar-refractivity contribution >= 4 is 39.8 Å². The van der Waals surface area contributed by atoms with Crippen LogP contribution in [0.3, 0.4) is 0 Å². The number of carbonyl (C=O) groups excluding carboxylic acids is 1. The molecule has 31 heavy (non-hydrogen) atoms. The zero-order valence-corrected chi connectivity index (χ0v) is 18.9. The van der Waals surface area contributed by atoms with Gasteiger partial charge in [0, 0.05) is 36.1 Å². The number of nitrogens with zero attached hydrogens (tertiary/aromatic N) is 3. The maximum Gasteiger partial charge on any atom is 0.229 e. The van der Waals surface area contributed by atoms with Gasteiger partial charge in [-0.15, -0.1) is 11.3 Å². The van der Waals surface area contributed by atoms with Gasteiger partial charge in [-0.3, -0.25) is 4.79 Å². The van der Waals surface area contributed by atoms with Gasteiger partial charge in [-0.2, -0.15) is 0 Å². The number of anilines is 2. The molecule has 2 aromatic heterocycles. The van der Waals surface area contributed by atoms with E-state index in [4.69, 9.17) is 21.1 Å². The predicted octanol–water partition coefficient (Wildman–Crippen LogP) is 4.73. The number of amides is 1. The minimum absolute atomic E-state index is 0.00206. The number of carbonyl (C=O) groups is 1. The summed E-state index contributed by atoms with van der Waals surface area (Å²) in [5.74, 6) is 2.26. The van der Waals surface area contributed by atoms with Crippen molar-refractivity contribution in [2.24, 2.45) is 5.92 Å². The lowest BCUT2D eigenvalue weighted by molar-refractivity contribution is -0.120. The van der Waals surface area contributed by atoms with E-state index in [0.717, 1.165) is 48.8 Å². The summed E-state index contributed by atoms with van der Waals surface area (Å²) in [7, 11) is 3.23. The summed E-state index contributed by atoms with van der Waals surface area (Å²) in [4.78, 5) is 23.9. The topological polar surface area (TPSA) is 76.6 Å². The summed E-state index contributed by atoms with van der Waals surface area (Å²) in [5.41, 5.74) is 1.56. The molecule has 0 saturated carbocycles. The summed E-state index contributed by atoms with van der Waals surface area (Å²) >= 11 is 7.31. The van der Waals surface area contributed by atoms with Crippen molar-refractivity contribution in [2.75, 3.05) is 37.5 Å². The Kier molecular flexibility index (Phi) is 6.58. The molecule has 3 heterocycles. The lowest BCUT2D eigenvalue weighted by atomic mass is 9.96. The largest absolute Gasteiger partial charge is 0.497 e. The second kappa shape index (κ2) is 9.53. The Hall–Kier alpha value is -2.84. The van der Waals surface area contributed by atoms with Gasteiger partial charge in [0.05, 0.1) is 24.9 Å². The van der Waals surface area contributed by atoms with E-state index in [1.165, 1.54) is 11.3 Å². The number of benzene rings is 1. The predicted molar refractivity (Wildman–Crippen MR) is 123 cm³/mol. The van der Waals surface area contributed by atoms with Gasteiger partial charge >= 0.3 is 0 Å². The van der Waals surface area contributed by atoms with Crippen LogP contribution in [-0.2, 0) is 4.79 Å². The molecule has 1 aliphatic rings. The fourth-order valence-electron chi connectivity index (χ4n) is 3.60. The van der Waals surface area contributed by atoms with Crippen LogP contribution in [0.15, 0.2) is 41.9 Å². The average Bonchev–Trinajstić information content (AvgIpc) is 3.27. The molecule has 0 unspecified atom stereocenters. The number of ether oxygens (including phenoxy) is 2. The van der Waals surface area contributed by atoms with Crippen LogP contribution in [0.25, 0.3) is 11.3 Å². The summed E-state index contributed by atoms with van der Waals surface area (Å²) in [6.07, 6.45) is 3.17. The molecule has 4 rings (SSSR count). The first-order valence-electron chi connectivity index (χ1n) is 9.92. The fraction of sp³-hybridized carbons (Fsp3) is 0.318. The number of hydrogen-bond donors (Lipinski definition) is 1. The van der Waals surface area contributed by atoms with Gasteiger partial charge in [0.15, 0.2) is 5.13 Å². The van der Waals surface area contributed by atoms with Crippen molar-refractivity contribution in [1.29, 1.82) is 0 Å². The lowest BCUT2D eigenvalue weighted by Gasteiger charge is -2.32. The van der Waals surface area contributed by atoms with E-state index in [1.54, 1.807) is 20.4 Å². The molecule has 1 aromatic carbocycles. The highest BCUT2D eigenvalue weighted by Crippen LogP contribution is 2.35. The molecule has 1 N–H and O–H groups in total. The average molecular weight is 459 g/mol. The Balaban J connectivity index is 1.38. The number of halogens is 1. The highest BCUT2D eigenvalue weighted by molar-refractivity contribution is 7.14. The van der Waals surface area contributed by atoms with Crippen LogP contribution in [0.1, 0.15) is 12.8 Å². The second-order valence-electron chi connectivity index (χ2n) is 7.19. The number of pyridine rings is 1. The third-order valence-electron chi connectivity index (χ3n) is 5.32. The van der Waals surface area contributed by atoms with E-state index >= 15 is 0 Å². The van der Waals surface area contributed by atoms with Gasteiger partial charge in [-0.1, -0.05) is 11.6 Å². The summed E-state index contributed by atoms with van der Waals surface area (Å²) in [5, 5.41) is 6.07. The Morgan fingerprint density at radius 2 is 2.00 bits per heavy atom. The van der Waals surface area contributed by atoms with Crippen molar-refractivity contribution in [1.82, 2.24) is 9.97 Å². The zero-order chi connectivity index (χ0) is 21.8. The van der Waals surface area contributed by atoms with Crippen molar-refractivity contribution in [3.05, 3.63) is 46.9 Å². The van der Waals surface area contributed by atoms with Gasteiger partial charge in [0.25, 0.3) is 0 Å². The number of hydrogen-bond acceptors (Lipinski definition) is 7. The molecule has 0 aliphatic carbocycles. The van der Waals surface area contributed by atoms with Gasteiger partial charge < -0.3 is 19.7 Å². The number of nitrogens with one attached hydrogen (secondary N) is 1. The minimum Gasteiger partial charge on any atom is -0.497 e. The molecule has 1 fully saturated rings. The summed E-state index contributed by atoms with van der Waals surface area (Å²) in [6, 6.07) is 9.30. The molecule has 0 atom stereocenters. The van der Waals surface area contributed by atoms with Crippen LogP contribution in [-0.4, -0.2) is 43.2 Å². The Morgan fingerprint density at radius 3 is 2.68 bits per heavy atom. The number of aromatic nitrogens is 2. The molecule has 1 saturated heterocycles. The van der Waals surface area contributed by atoms with Crippen LogP contribution < -0.4 is 19.7 Å². The quantitative estimate of drug-likeness (QED) is 0.575. The van der Waals surface area contributed by atoms with E-state index in [1.807, 2.05) is 35.7 Å². The first-order valence-corrected chi connectivity index (χ1v) is 11.2. The van der Waals surface area contributed by atoms with E-state index in [9.17, 15) is 4.79 Å². The number of rotatable bonds is 6. The monoisotopic (exact) mass is 458 g/mol. The lowest BCUT2D eigenvalue weighted by Crippen LogP contribution is -2.38. The second-order valence-corrected chi connectivity index (χ2v) is 8.48. The summed E-state index contributed by atoms with van der Waals surface area (Å²) < 4.78 is 10.8. The van der Waals surface area contributed by atoms with Crippen LogP contribution >= 0.6 is 22.9 Å². The Labute approximate surface area is 190 Å². The van der Waals surface area contributed by atoms with Crippen molar-refractivity contribution in [3.8, 4) is 22.8 Å². The zero-order valence-electron chi connectivity index (χ0n) is 17.3. The number of piperidine rings is 1. The van der Waals surface area contributed by atoms with Gasteiger partial charge in [-0.05, 0) is 43.2 Å². The molecule has 9 heteroatoms. The first-order chi connectivity index (χ1) is 15.1. The third-order valence-corrected chi connectivity index (χ3v) is 6.30. The smallest absolute Gasteiger partial charge is 0.229 e. The molecule has 162 valence electrons. The van der Waals surface area contributed by atoms with Crippen molar-refractivity contribution < 1.29 is 14.3 Å². The fourth-order valence-corrected chi connectivity index (χ4v) is 4.43. The molecular weight excluding hydrogens is 436 g/mol. The normalized spacial score (nSPS) is 14.4. The van der Waals surface area contributed by atoms with E-state index in [-0.39, 0.29) is 11.8 Å². The van der Waals surface area contributed by atoms with Gasteiger partial charge in [0.2, 0.25) is 5.91 Å². The Morgan fingerprint density at radius 1 is 1.19 bits per heavy atom. The van der Waals surface area contributed by atoms with E-state index in [2.05, 4.69) is 20.2 Å². The highest BCUT2D eigenvalue weighted by Gasteiger charge is 2.26. The van der Waals surface area contributed by atoms with Crippen LogP contribution in [0.4, 0.5) is 10.9 Å². The minimum atomic E-state index is -0.0535. The Bertz CT molecular complexity index is 1050.